The van der Waals surface area contributed by atoms with Gasteiger partial charge in [0.15, 0.2) is 0 Å². The minimum atomic E-state index is -0.131. The Morgan fingerprint density at radius 1 is 1.15 bits per heavy atom. The number of carbonyl (C=O) groups is 2. The number of amides is 2. The van der Waals surface area contributed by atoms with Gasteiger partial charge in [0.2, 0.25) is 11.8 Å². The Balaban J connectivity index is 1.52. The van der Waals surface area contributed by atoms with Gasteiger partial charge in [0.25, 0.3) is 0 Å². The quantitative estimate of drug-likeness (QED) is 0.853. The SMILES string of the molecule is Cc1ccc(NC(=O)C2CCCN(CC(=O)Nc3ccccc3C)C2)nc1. The molecule has 3 rings (SSSR count). The fourth-order valence-corrected chi connectivity index (χ4v) is 3.29. The predicted octanol–water partition coefficient (Wildman–Crippen LogP) is 2.99. The van der Waals surface area contributed by atoms with E-state index in [0.29, 0.717) is 18.9 Å². The number of carbonyl (C=O) groups excluding carboxylic acids is 2. The number of para-hydroxylation sites is 1. The molecule has 1 aliphatic heterocycles. The second-order valence-corrected chi connectivity index (χ2v) is 7.15. The average molecular weight is 366 g/mol. The van der Waals surface area contributed by atoms with Crippen LogP contribution in [0.3, 0.4) is 0 Å². The molecular formula is C21H26N4O2. The summed E-state index contributed by atoms with van der Waals surface area (Å²) >= 11 is 0. The first kappa shape index (κ1) is 19.0. The molecule has 6 nitrogen and oxygen atoms in total. The van der Waals surface area contributed by atoms with Crippen LogP contribution in [0.1, 0.15) is 24.0 Å². The Morgan fingerprint density at radius 3 is 2.70 bits per heavy atom. The standard InChI is InChI=1S/C21H26N4O2/c1-15-9-10-19(22-12-15)24-21(27)17-7-5-11-25(13-17)14-20(26)23-18-8-4-3-6-16(18)2/h3-4,6,8-10,12,17H,5,7,11,13-14H2,1-2H3,(H,23,26)(H,22,24,27). The topological polar surface area (TPSA) is 74.3 Å². The maximum atomic E-state index is 12.5. The number of hydrogen-bond donors (Lipinski definition) is 2. The minimum Gasteiger partial charge on any atom is -0.325 e. The summed E-state index contributed by atoms with van der Waals surface area (Å²) < 4.78 is 0. The largest absolute Gasteiger partial charge is 0.325 e. The van der Waals surface area contributed by atoms with E-state index in [1.54, 1.807) is 6.20 Å². The molecule has 0 saturated carbocycles. The van der Waals surface area contributed by atoms with Crippen molar-refractivity contribution in [3.05, 3.63) is 53.7 Å². The van der Waals surface area contributed by atoms with E-state index in [9.17, 15) is 9.59 Å². The molecule has 1 unspecified atom stereocenters. The molecule has 2 N–H and O–H groups in total. The fraction of sp³-hybridized carbons (Fsp3) is 0.381. The minimum absolute atomic E-state index is 0.0321. The third kappa shape index (κ3) is 5.37. The van der Waals surface area contributed by atoms with Gasteiger partial charge in [-0.15, -0.1) is 0 Å². The summed E-state index contributed by atoms with van der Waals surface area (Å²) in [4.78, 5) is 31.2. The monoisotopic (exact) mass is 366 g/mol. The van der Waals surface area contributed by atoms with Gasteiger partial charge in [-0.25, -0.2) is 4.98 Å². The number of aryl methyl sites for hydroxylation is 2. The van der Waals surface area contributed by atoms with E-state index < -0.39 is 0 Å². The number of hydrogen-bond acceptors (Lipinski definition) is 4. The van der Waals surface area contributed by atoms with Gasteiger partial charge in [-0.2, -0.15) is 0 Å². The van der Waals surface area contributed by atoms with Crippen LogP contribution < -0.4 is 10.6 Å². The lowest BCUT2D eigenvalue weighted by Gasteiger charge is -2.31. The van der Waals surface area contributed by atoms with Crippen molar-refractivity contribution >= 4 is 23.3 Å². The number of rotatable bonds is 5. The van der Waals surface area contributed by atoms with Crippen LogP contribution in [-0.4, -0.2) is 41.3 Å². The zero-order chi connectivity index (χ0) is 19.2. The molecule has 1 fully saturated rings. The van der Waals surface area contributed by atoms with Gasteiger partial charge in [0.05, 0.1) is 12.5 Å². The lowest BCUT2D eigenvalue weighted by molar-refractivity contribution is -0.123. The summed E-state index contributed by atoms with van der Waals surface area (Å²) in [5, 5.41) is 5.84. The number of likely N-dealkylation sites (tertiary alicyclic amines) is 1. The number of benzene rings is 1. The summed E-state index contributed by atoms with van der Waals surface area (Å²) in [7, 11) is 0. The van der Waals surface area contributed by atoms with E-state index in [0.717, 1.165) is 36.2 Å². The average Bonchev–Trinajstić information content (AvgIpc) is 2.65. The number of pyridine rings is 1. The van der Waals surface area contributed by atoms with Crippen LogP contribution in [0.2, 0.25) is 0 Å². The first-order chi connectivity index (χ1) is 13.0. The molecule has 2 aromatic rings. The van der Waals surface area contributed by atoms with Gasteiger partial charge in [0.1, 0.15) is 5.82 Å². The highest BCUT2D eigenvalue weighted by molar-refractivity contribution is 5.93. The summed E-state index contributed by atoms with van der Waals surface area (Å²) in [5.41, 5.74) is 2.92. The zero-order valence-corrected chi connectivity index (χ0v) is 15.9. The third-order valence-corrected chi connectivity index (χ3v) is 4.83. The zero-order valence-electron chi connectivity index (χ0n) is 15.9. The molecule has 2 amide bonds. The molecule has 1 saturated heterocycles. The number of nitrogens with one attached hydrogen (secondary N) is 2. The summed E-state index contributed by atoms with van der Waals surface area (Å²) in [6.07, 6.45) is 3.46. The predicted molar refractivity (Wildman–Crippen MR) is 107 cm³/mol. The Kier molecular flexibility index (Phi) is 6.19. The molecule has 0 radical (unpaired) electrons. The number of anilines is 2. The van der Waals surface area contributed by atoms with Crippen molar-refractivity contribution in [2.24, 2.45) is 5.92 Å². The molecule has 0 spiro atoms. The Bertz CT molecular complexity index is 804. The van der Waals surface area contributed by atoms with E-state index in [-0.39, 0.29) is 17.7 Å². The van der Waals surface area contributed by atoms with Crippen LogP contribution >= 0.6 is 0 Å². The van der Waals surface area contributed by atoms with Crippen molar-refractivity contribution < 1.29 is 9.59 Å². The Hall–Kier alpha value is -2.73. The molecule has 1 aromatic heterocycles. The van der Waals surface area contributed by atoms with Gasteiger partial charge in [-0.1, -0.05) is 24.3 Å². The van der Waals surface area contributed by atoms with E-state index in [2.05, 4.69) is 15.6 Å². The molecule has 2 heterocycles. The van der Waals surface area contributed by atoms with Crippen molar-refractivity contribution in [2.75, 3.05) is 30.3 Å². The highest BCUT2D eigenvalue weighted by atomic mass is 16.2. The Morgan fingerprint density at radius 2 is 1.96 bits per heavy atom. The highest BCUT2D eigenvalue weighted by Crippen LogP contribution is 2.19. The van der Waals surface area contributed by atoms with Crippen LogP contribution in [0, 0.1) is 19.8 Å². The number of piperidine rings is 1. The summed E-state index contributed by atoms with van der Waals surface area (Å²) in [5.74, 6) is 0.356. The van der Waals surface area contributed by atoms with Crippen LogP contribution in [-0.2, 0) is 9.59 Å². The van der Waals surface area contributed by atoms with Crippen LogP contribution in [0.15, 0.2) is 42.6 Å². The molecule has 1 atom stereocenters. The van der Waals surface area contributed by atoms with Gasteiger partial charge in [-0.3, -0.25) is 14.5 Å². The maximum absolute atomic E-state index is 12.5. The van der Waals surface area contributed by atoms with E-state index in [1.165, 1.54) is 0 Å². The lowest BCUT2D eigenvalue weighted by Crippen LogP contribution is -2.44. The first-order valence-corrected chi connectivity index (χ1v) is 9.32. The van der Waals surface area contributed by atoms with E-state index in [4.69, 9.17) is 0 Å². The van der Waals surface area contributed by atoms with Crippen LogP contribution in [0.5, 0.6) is 0 Å². The molecular weight excluding hydrogens is 340 g/mol. The molecule has 27 heavy (non-hydrogen) atoms. The number of nitrogens with zero attached hydrogens (tertiary/aromatic N) is 2. The van der Waals surface area contributed by atoms with Crippen LogP contribution in [0.25, 0.3) is 0 Å². The van der Waals surface area contributed by atoms with Crippen molar-refractivity contribution in [3.8, 4) is 0 Å². The fourth-order valence-electron chi connectivity index (χ4n) is 3.29. The first-order valence-electron chi connectivity index (χ1n) is 9.32. The van der Waals surface area contributed by atoms with Crippen LogP contribution in [0.4, 0.5) is 11.5 Å². The molecule has 0 bridgehead atoms. The molecule has 142 valence electrons. The van der Waals surface area contributed by atoms with Gasteiger partial charge < -0.3 is 10.6 Å². The van der Waals surface area contributed by atoms with Crippen molar-refractivity contribution in [1.82, 2.24) is 9.88 Å². The second kappa shape index (κ2) is 8.77. The number of aromatic nitrogens is 1. The molecule has 6 heteroatoms. The molecule has 1 aliphatic rings. The second-order valence-electron chi connectivity index (χ2n) is 7.15. The molecule has 1 aromatic carbocycles. The third-order valence-electron chi connectivity index (χ3n) is 4.83. The lowest BCUT2D eigenvalue weighted by atomic mass is 9.97. The normalized spacial score (nSPS) is 17.3. The summed E-state index contributed by atoms with van der Waals surface area (Å²) in [6, 6.07) is 11.4. The highest BCUT2D eigenvalue weighted by Gasteiger charge is 2.27. The van der Waals surface area contributed by atoms with Crippen molar-refractivity contribution in [3.63, 3.8) is 0 Å². The van der Waals surface area contributed by atoms with Gasteiger partial charge in [-0.05, 0) is 56.5 Å². The van der Waals surface area contributed by atoms with Crippen molar-refractivity contribution in [2.45, 2.75) is 26.7 Å². The van der Waals surface area contributed by atoms with Gasteiger partial charge >= 0.3 is 0 Å². The maximum Gasteiger partial charge on any atom is 0.238 e. The van der Waals surface area contributed by atoms with E-state index >= 15 is 0 Å². The summed E-state index contributed by atoms with van der Waals surface area (Å²) in [6.45, 7) is 5.63. The van der Waals surface area contributed by atoms with E-state index in [1.807, 2.05) is 55.1 Å². The Labute approximate surface area is 160 Å². The van der Waals surface area contributed by atoms with Crippen molar-refractivity contribution in [1.29, 1.82) is 0 Å². The smallest absolute Gasteiger partial charge is 0.238 e. The van der Waals surface area contributed by atoms with Gasteiger partial charge in [0, 0.05) is 18.4 Å². The molecule has 0 aliphatic carbocycles.